The molecule has 0 saturated heterocycles. The van der Waals surface area contributed by atoms with Gasteiger partial charge in [-0.05, 0) is 168 Å². The van der Waals surface area contributed by atoms with E-state index in [1.165, 1.54) is 36.7 Å². The highest BCUT2D eigenvalue weighted by Crippen LogP contribution is 2.37. The van der Waals surface area contributed by atoms with E-state index in [1.807, 2.05) is 13.8 Å². The van der Waals surface area contributed by atoms with Gasteiger partial charge in [0.15, 0.2) is 10.1 Å². The number of ether oxygens (including phenoxy) is 2. The maximum absolute atomic E-state index is 13.8. The van der Waals surface area contributed by atoms with E-state index >= 15 is 0 Å². The Morgan fingerprint density at radius 3 is 1.19 bits per heavy atom. The molecule has 4 rings (SSSR count). The van der Waals surface area contributed by atoms with E-state index in [2.05, 4.69) is 52.5 Å². The zero-order valence-electron chi connectivity index (χ0n) is 53.0. The van der Waals surface area contributed by atoms with Crippen molar-refractivity contribution in [1.82, 2.24) is 52.5 Å². The van der Waals surface area contributed by atoms with E-state index in [0.717, 1.165) is 54.3 Å². The van der Waals surface area contributed by atoms with Gasteiger partial charge >= 0.3 is 23.6 Å². The summed E-state index contributed by atoms with van der Waals surface area (Å²) in [6, 6.07) is 13.7. The summed E-state index contributed by atoms with van der Waals surface area (Å²) in [5.74, 6) is -5.75. The van der Waals surface area contributed by atoms with Crippen molar-refractivity contribution >= 4 is 114 Å². The number of pyridine rings is 2. The van der Waals surface area contributed by atoms with Crippen molar-refractivity contribution < 1.29 is 67.3 Å². The molecule has 2 aromatic heterocycles. The molecule has 0 saturated carbocycles. The largest absolute Gasteiger partial charge is 0.444 e. The molecule has 93 heavy (non-hydrogen) atoms. The number of unbranched alkanes of at least 4 members (excludes halogenated alkanes) is 2. The molecule has 0 bridgehead atoms. The summed E-state index contributed by atoms with van der Waals surface area (Å²) in [5, 5.41) is 43.8. The summed E-state index contributed by atoms with van der Waals surface area (Å²) in [7, 11) is 3.97. The first-order valence-corrected chi connectivity index (χ1v) is 34.5. The number of carbonyl (C=O) groups excluding carboxylic acids is 10. The Bertz CT molecular complexity index is 3030. The van der Waals surface area contributed by atoms with Crippen LogP contribution in [-0.2, 0) is 51.1 Å². The van der Waals surface area contributed by atoms with Gasteiger partial charge in [-0.15, -0.1) is 0 Å². The molecule has 2 aromatic carbocycles. The van der Waals surface area contributed by atoms with Crippen LogP contribution in [0.5, 0.6) is 0 Å². The fourth-order valence-electron chi connectivity index (χ4n) is 8.17. The Kier molecular flexibility index (Phi) is 32.5. The predicted octanol–water partition coefficient (Wildman–Crippen LogP) is 8.01. The standard InChI is InChI=1S/C61H80N12O16S4/c1-9-38-24-28-40(29-25-38)50(76)70-54(80)42(18-11-13-32-62-52(78)44(68-58(82)88-60(3,4)5)36-90-92-56-46(72(84)85)20-16-34-64-56)66-48(74)22-15-23-49(75)67-43(55(81)71-51(77)41-30-26-39(10-2)27-31-41)19-12-14-33-63-53(79)45(69-59(83)89-61(6,7)8)37-91-93-57-47(73(86)87)21-17-35-65-57/h16-17,20-21,24-31,34-35,42-45H,9-15,18-19,22-23,32-33,36-37H2,1-8H3,(H,62,78)(H,63,79)(H,66,74)(H,67,75)(H,68,82)(H,69,83)(H,70,76,80)(H,71,77,81). The second-order valence-corrected chi connectivity index (χ2v) is 27.4. The van der Waals surface area contributed by atoms with Gasteiger partial charge in [-0.25, -0.2) is 19.6 Å². The van der Waals surface area contributed by atoms with E-state index in [1.54, 1.807) is 90.1 Å². The first-order valence-electron chi connectivity index (χ1n) is 29.8. The molecule has 0 spiro atoms. The predicted molar refractivity (Wildman–Crippen MR) is 353 cm³/mol. The minimum atomic E-state index is -1.27. The first kappa shape index (κ1) is 77.1. The minimum Gasteiger partial charge on any atom is -0.444 e. The molecule has 2 heterocycles. The van der Waals surface area contributed by atoms with Crippen LogP contribution in [0.3, 0.4) is 0 Å². The summed E-state index contributed by atoms with van der Waals surface area (Å²) in [4.78, 5) is 164. The molecule has 32 heteroatoms. The van der Waals surface area contributed by atoms with E-state index in [-0.39, 0.29) is 115 Å². The lowest BCUT2D eigenvalue weighted by molar-refractivity contribution is -0.388. The van der Waals surface area contributed by atoms with Gasteiger partial charge in [0, 0.05) is 73.1 Å². The molecule has 0 aliphatic heterocycles. The van der Waals surface area contributed by atoms with Crippen LogP contribution in [0.25, 0.3) is 0 Å². The van der Waals surface area contributed by atoms with Crippen LogP contribution in [0.1, 0.15) is 145 Å². The molecule has 0 radical (unpaired) electrons. The second kappa shape index (κ2) is 39.2. The van der Waals surface area contributed by atoms with Crippen LogP contribution >= 0.6 is 43.2 Å². The van der Waals surface area contributed by atoms with Crippen LogP contribution in [0, 0.1) is 20.2 Å². The van der Waals surface area contributed by atoms with Crippen LogP contribution in [0.4, 0.5) is 21.0 Å². The maximum atomic E-state index is 13.8. The third-order valence-corrected chi connectivity index (χ3v) is 17.5. The summed E-state index contributed by atoms with van der Waals surface area (Å²) < 4.78 is 10.7. The number of nitrogens with zero attached hydrogens (tertiary/aromatic N) is 4. The summed E-state index contributed by atoms with van der Waals surface area (Å²) in [6.07, 6.45) is 2.66. The van der Waals surface area contributed by atoms with Gasteiger partial charge in [0.1, 0.15) is 35.4 Å². The maximum Gasteiger partial charge on any atom is 0.408 e. The number of alkyl carbamates (subject to hydrolysis) is 2. The van der Waals surface area contributed by atoms with Crippen molar-refractivity contribution in [2.75, 3.05) is 24.6 Å². The van der Waals surface area contributed by atoms with Crippen molar-refractivity contribution in [1.29, 1.82) is 0 Å². The third-order valence-electron chi connectivity index (χ3n) is 12.9. The zero-order chi connectivity index (χ0) is 68.7. The van der Waals surface area contributed by atoms with Crippen molar-refractivity contribution in [3.8, 4) is 0 Å². The number of amides is 10. The van der Waals surface area contributed by atoms with Gasteiger partial charge in [-0.3, -0.25) is 69.2 Å². The van der Waals surface area contributed by atoms with Gasteiger partial charge in [-0.2, -0.15) is 0 Å². The van der Waals surface area contributed by atoms with Crippen molar-refractivity contribution in [3.63, 3.8) is 0 Å². The Balaban J connectivity index is 1.39. The van der Waals surface area contributed by atoms with Gasteiger partial charge in [-0.1, -0.05) is 59.7 Å². The quantitative estimate of drug-likeness (QED) is 0.00924. The molecule has 0 aliphatic rings. The first-order chi connectivity index (χ1) is 44.1. The van der Waals surface area contributed by atoms with E-state index in [9.17, 15) is 68.2 Å². The normalized spacial score (nSPS) is 12.5. The Hall–Kier alpha value is -8.36. The lowest BCUT2D eigenvalue weighted by Crippen LogP contribution is -2.50. The number of nitro groups is 2. The van der Waals surface area contributed by atoms with Crippen LogP contribution in [0.15, 0.2) is 95.2 Å². The number of aromatic nitrogens is 2. The molecule has 28 nitrogen and oxygen atoms in total. The number of hydrogen-bond acceptors (Lipinski definition) is 22. The van der Waals surface area contributed by atoms with Gasteiger partial charge in [0.05, 0.1) is 9.85 Å². The smallest absolute Gasteiger partial charge is 0.408 e. The number of nitrogens with one attached hydrogen (secondary N) is 8. The van der Waals surface area contributed by atoms with Gasteiger partial charge in [0.25, 0.3) is 11.8 Å². The molecule has 8 N–H and O–H groups in total. The van der Waals surface area contributed by atoms with E-state index in [4.69, 9.17) is 9.47 Å². The van der Waals surface area contributed by atoms with Gasteiger partial charge < -0.3 is 41.4 Å². The topological polar surface area (TPSA) is 397 Å². The van der Waals surface area contributed by atoms with Crippen molar-refractivity contribution in [2.24, 2.45) is 0 Å². The third kappa shape index (κ3) is 29.4. The average molecular weight is 1370 g/mol. The molecule has 4 unspecified atom stereocenters. The summed E-state index contributed by atoms with van der Waals surface area (Å²) in [5.41, 5.74) is 0.0167. The van der Waals surface area contributed by atoms with E-state index < -0.39 is 105 Å². The zero-order valence-corrected chi connectivity index (χ0v) is 56.2. The molecular formula is C61H80N12O16S4. The number of benzene rings is 2. The monoisotopic (exact) mass is 1360 g/mol. The Morgan fingerprint density at radius 1 is 0.495 bits per heavy atom. The summed E-state index contributed by atoms with van der Waals surface area (Å²) >= 11 is 0. The van der Waals surface area contributed by atoms with Crippen LogP contribution < -0.4 is 42.5 Å². The highest BCUT2D eigenvalue weighted by atomic mass is 33.1. The fourth-order valence-corrected chi connectivity index (χ4v) is 12.6. The van der Waals surface area contributed by atoms with Crippen LogP contribution in [-0.4, -0.2) is 139 Å². The van der Waals surface area contributed by atoms with Crippen molar-refractivity contribution in [2.45, 2.75) is 171 Å². The molecule has 4 atom stereocenters. The lowest BCUT2D eigenvalue weighted by atomic mass is 10.1. The van der Waals surface area contributed by atoms with E-state index in [0.29, 0.717) is 12.8 Å². The number of carbonyl (C=O) groups is 10. The minimum absolute atomic E-state index is 0.0181. The summed E-state index contributed by atoms with van der Waals surface area (Å²) in [6.45, 7) is 13.8. The highest BCUT2D eigenvalue weighted by Gasteiger charge is 2.30. The molecule has 504 valence electrons. The van der Waals surface area contributed by atoms with Crippen molar-refractivity contribution in [3.05, 3.63) is 128 Å². The molecule has 0 fully saturated rings. The average Bonchev–Trinajstić information content (AvgIpc) is 3.71. The SMILES string of the molecule is CCc1ccc(C(=O)NC(=O)C(CCCCNC(=O)C(CSSc2ncccc2[N+](=O)[O-])NC(=O)OC(C)(C)C)NC(=O)CCCC(=O)NC(CCCCNC(=O)C(CSSc2ncccc2[N+](=O)[O-])NC(=O)OC(C)(C)C)C(=O)NC(=O)c2ccc(CC)cc2)cc1. The van der Waals surface area contributed by atoms with Gasteiger partial charge in [0.2, 0.25) is 35.4 Å². The molecular weight excluding hydrogens is 1290 g/mol. The molecule has 4 aromatic rings. The number of rotatable bonds is 36. The van der Waals surface area contributed by atoms with Crippen LogP contribution in [0.2, 0.25) is 0 Å². The Morgan fingerprint density at radius 2 is 0.860 bits per heavy atom. The Labute approximate surface area is 554 Å². The second-order valence-electron chi connectivity index (χ2n) is 22.7. The number of imide groups is 2. The number of aryl methyl sites for hydroxylation is 2. The number of hydrogen-bond donors (Lipinski definition) is 8. The molecule has 10 amide bonds. The molecule has 0 aliphatic carbocycles. The fraction of sp³-hybridized carbons (Fsp3) is 0.475. The lowest BCUT2D eigenvalue weighted by Gasteiger charge is -2.23. The highest BCUT2D eigenvalue weighted by molar-refractivity contribution is 8.77.